The first-order chi connectivity index (χ1) is 12.8. The van der Waals surface area contributed by atoms with Gasteiger partial charge in [-0.25, -0.2) is 0 Å². The second-order valence-electron chi connectivity index (χ2n) is 6.79. The Balaban J connectivity index is 0.00000364. The van der Waals surface area contributed by atoms with E-state index in [2.05, 4.69) is 32.5 Å². The molecule has 1 saturated heterocycles. The van der Waals surface area contributed by atoms with Crippen molar-refractivity contribution in [3.8, 4) is 5.75 Å². The number of nitrogens with one attached hydrogen (secondary N) is 2. The predicted molar refractivity (Wildman–Crippen MR) is 125 cm³/mol. The fraction of sp³-hybridized carbons (Fsp3) is 0.650. The Kier molecular flexibility index (Phi) is 13.3. The molecule has 7 heteroatoms. The number of para-hydroxylation sites is 1. The molecule has 1 aromatic rings. The highest BCUT2D eigenvalue weighted by Gasteiger charge is 2.11. The molecular weight excluding hydrogens is 453 g/mol. The summed E-state index contributed by atoms with van der Waals surface area (Å²) in [5, 5.41) is 6.75. The molecular formula is C20H36IN5O. The van der Waals surface area contributed by atoms with Gasteiger partial charge in [0.25, 0.3) is 0 Å². The van der Waals surface area contributed by atoms with Crippen LogP contribution in [0.15, 0.2) is 35.3 Å². The molecule has 2 rings (SSSR count). The second-order valence-corrected chi connectivity index (χ2v) is 6.79. The molecule has 0 amide bonds. The molecule has 2 N–H and O–H groups in total. The lowest BCUT2D eigenvalue weighted by Gasteiger charge is -2.20. The minimum absolute atomic E-state index is 0. The zero-order chi connectivity index (χ0) is 18.5. The van der Waals surface area contributed by atoms with Crippen LogP contribution in [-0.2, 0) is 0 Å². The Bertz CT molecular complexity index is 514. The number of hydrogen-bond donors (Lipinski definition) is 2. The third-order valence-electron chi connectivity index (χ3n) is 4.60. The first-order valence-electron chi connectivity index (χ1n) is 9.81. The Hall–Kier alpha value is -1.06. The Morgan fingerprint density at radius 2 is 1.78 bits per heavy atom. The van der Waals surface area contributed by atoms with Gasteiger partial charge in [-0.15, -0.1) is 24.0 Å². The molecule has 0 unspecified atom stereocenters. The average molecular weight is 489 g/mol. The van der Waals surface area contributed by atoms with Gasteiger partial charge in [-0.1, -0.05) is 18.2 Å². The summed E-state index contributed by atoms with van der Waals surface area (Å²) in [7, 11) is 4.03. The topological polar surface area (TPSA) is 52.1 Å². The normalized spacial score (nSPS) is 16.3. The van der Waals surface area contributed by atoms with E-state index in [4.69, 9.17) is 4.74 Å². The van der Waals surface area contributed by atoms with Crippen LogP contribution in [-0.4, -0.2) is 82.3 Å². The van der Waals surface area contributed by atoms with Crippen LogP contribution >= 0.6 is 24.0 Å². The van der Waals surface area contributed by atoms with Gasteiger partial charge in [0.1, 0.15) is 5.75 Å². The summed E-state index contributed by atoms with van der Waals surface area (Å²) >= 11 is 0. The summed E-state index contributed by atoms with van der Waals surface area (Å²) in [6.07, 6.45) is 3.36. The first kappa shape index (κ1) is 24.0. The summed E-state index contributed by atoms with van der Waals surface area (Å²) in [5.41, 5.74) is 0. The van der Waals surface area contributed by atoms with E-state index in [0.717, 1.165) is 44.2 Å². The number of likely N-dealkylation sites (N-methyl/N-ethyl adjacent to an activating group) is 1. The number of benzene rings is 1. The number of halogens is 1. The summed E-state index contributed by atoms with van der Waals surface area (Å²) in [5.74, 6) is 1.80. The molecule has 0 spiro atoms. The van der Waals surface area contributed by atoms with Gasteiger partial charge in [0.05, 0.1) is 6.61 Å². The molecule has 27 heavy (non-hydrogen) atoms. The lowest BCUT2D eigenvalue weighted by Crippen LogP contribution is -2.39. The fourth-order valence-electron chi connectivity index (χ4n) is 3.04. The second kappa shape index (κ2) is 14.9. The standard InChI is InChI=1S/C20H35N5O.HI/c1-21-20(23-12-7-18-26-19-9-4-3-5-10-19)22-11-6-14-25-15-8-13-24(2)16-17-25;/h3-5,9-10H,6-8,11-18H2,1-2H3,(H2,21,22,23);1H. The van der Waals surface area contributed by atoms with Gasteiger partial charge < -0.3 is 25.2 Å². The van der Waals surface area contributed by atoms with Crippen molar-refractivity contribution in [3.05, 3.63) is 30.3 Å². The van der Waals surface area contributed by atoms with Gasteiger partial charge >= 0.3 is 0 Å². The maximum atomic E-state index is 5.70. The largest absolute Gasteiger partial charge is 0.494 e. The molecule has 0 atom stereocenters. The van der Waals surface area contributed by atoms with E-state index in [9.17, 15) is 0 Å². The van der Waals surface area contributed by atoms with E-state index in [0.29, 0.717) is 6.61 Å². The van der Waals surface area contributed by atoms with Crippen LogP contribution < -0.4 is 15.4 Å². The maximum absolute atomic E-state index is 5.70. The third-order valence-corrected chi connectivity index (χ3v) is 4.60. The van der Waals surface area contributed by atoms with E-state index >= 15 is 0 Å². The zero-order valence-electron chi connectivity index (χ0n) is 16.8. The third kappa shape index (κ3) is 10.8. The molecule has 0 aliphatic carbocycles. The Morgan fingerprint density at radius 3 is 2.52 bits per heavy atom. The number of guanidine groups is 1. The van der Waals surface area contributed by atoms with Gasteiger partial charge in [-0.05, 0) is 58.1 Å². The van der Waals surface area contributed by atoms with Crippen molar-refractivity contribution in [2.75, 3.05) is 66.5 Å². The van der Waals surface area contributed by atoms with Crippen LogP contribution in [0.25, 0.3) is 0 Å². The van der Waals surface area contributed by atoms with Crippen LogP contribution in [0.5, 0.6) is 5.75 Å². The van der Waals surface area contributed by atoms with Gasteiger partial charge in [-0.2, -0.15) is 0 Å². The molecule has 0 bridgehead atoms. The molecule has 1 aromatic carbocycles. The van der Waals surface area contributed by atoms with Crippen molar-refractivity contribution >= 4 is 29.9 Å². The monoisotopic (exact) mass is 489 g/mol. The maximum Gasteiger partial charge on any atom is 0.190 e. The minimum Gasteiger partial charge on any atom is -0.494 e. The van der Waals surface area contributed by atoms with E-state index < -0.39 is 0 Å². The van der Waals surface area contributed by atoms with Gasteiger partial charge in [-0.3, -0.25) is 4.99 Å². The number of hydrogen-bond acceptors (Lipinski definition) is 4. The lowest BCUT2D eigenvalue weighted by molar-refractivity contribution is 0.274. The zero-order valence-corrected chi connectivity index (χ0v) is 19.2. The lowest BCUT2D eigenvalue weighted by atomic mass is 10.3. The number of aliphatic imine (C=N–C) groups is 1. The van der Waals surface area contributed by atoms with Crippen LogP contribution in [0, 0.1) is 0 Å². The first-order valence-corrected chi connectivity index (χ1v) is 9.81. The highest BCUT2D eigenvalue weighted by molar-refractivity contribution is 14.0. The van der Waals surface area contributed by atoms with Crippen LogP contribution in [0.1, 0.15) is 19.3 Å². The van der Waals surface area contributed by atoms with E-state index in [-0.39, 0.29) is 24.0 Å². The van der Waals surface area contributed by atoms with Crippen molar-refractivity contribution in [3.63, 3.8) is 0 Å². The van der Waals surface area contributed by atoms with E-state index in [1.165, 1.54) is 32.6 Å². The van der Waals surface area contributed by atoms with Crippen LogP contribution in [0.2, 0.25) is 0 Å². The number of nitrogens with zero attached hydrogens (tertiary/aromatic N) is 3. The van der Waals surface area contributed by atoms with Crippen molar-refractivity contribution in [1.29, 1.82) is 0 Å². The Morgan fingerprint density at radius 1 is 1.04 bits per heavy atom. The van der Waals surface area contributed by atoms with Crippen molar-refractivity contribution in [2.45, 2.75) is 19.3 Å². The van der Waals surface area contributed by atoms with Crippen molar-refractivity contribution in [1.82, 2.24) is 20.4 Å². The van der Waals surface area contributed by atoms with Crippen LogP contribution in [0.3, 0.4) is 0 Å². The number of rotatable bonds is 9. The summed E-state index contributed by atoms with van der Waals surface area (Å²) < 4.78 is 5.70. The predicted octanol–water partition coefficient (Wildman–Crippen LogP) is 2.27. The molecule has 1 fully saturated rings. The van der Waals surface area contributed by atoms with Crippen molar-refractivity contribution in [2.24, 2.45) is 4.99 Å². The average Bonchev–Trinajstić information content (AvgIpc) is 2.88. The van der Waals surface area contributed by atoms with Crippen molar-refractivity contribution < 1.29 is 4.74 Å². The summed E-state index contributed by atoms with van der Waals surface area (Å²) in [6.45, 7) is 8.47. The van der Waals surface area contributed by atoms with Crippen LogP contribution in [0.4, 0.5) is 0 Å². The molecule has 0 aromatic heterocycles. The number of ether oxygens (including phenoxy) is 1. The summed E-state index contributed by atoms with van der Waals surface area (Å²) in [4.78, 5) is 9.28. The SMILES string of the molecule is CN=C(NCCCOc1ccccc1)NCCCN1CCCN(C)CC1.I. The fourth-order valence-corrected chi connectivity index (χ4v) is 3.04. The highest BCUT2D eigenvalue weighted by atomic mass is 127. The highest BCUT2D eigenvalue weighted by Crippen LogP contribution is 2.08. The molecule has 0 radical (unpaired) electrons. The van der Waals surface area contributed by atoms with Gasteiger partial charge in [0.15, 0.2) is 5.96 Å². The molecule has 1 heterocycles. The molecule has 1 aliphatic rings. The minimum atomic E-state index is 0. The molecule has 0 saturated carbocycles. The van der Waals surface area contributed by atoms with Gasteiger partial charge in [0.2, 0.25) is 0 Å². The van der Waals surface area contributed by atoms with Gasteiger partial charge in [0, 0.05) is 33.2 Å². The molecule has 6 nitrogen and oxygen atoms in total. The molecule has 1 aliphatic heterocycles. The van der Waals surface area contributed by atoms with E-state index in [1.807, 2.05) is 37.4 Å². The quantitative estimate of drug-likeness (QED) is 0.241. The summed E-state index contributed by atoms with van der Waals surface area (Å²) in [6, 6.07) is 9.94. The Labute approximate surface area is 181 Å². The smallest absolute Gasteiger partial charge is 0.190 e. The molecule has 154 valence electrons. The van der Waals surface area contributed by atoms with E-state index in [1.54, 1.807) is 0 Å².